The van der Waals surface area contributed by atoms with Crippen LogP contribution in [0.15, 0.2) is 0 Å². The number of amides is 1. The first-order chi connectivity index (χ1) is 5.10. The average molecular weight is 189 g/mol. The standard InChI is InChI=1S/C8H12N2O.ClH/c1-3-4-8(9)5-6-10(2)7(8)11;/h1H,4-6,9H2,2H3;1H. The molecule has 68 valence electrons. The first kappa shape index (κ1) is 11.3. The molecule has 3 nitrogen and oxygen atoms in total. The Bertz CT molecular complexity index is 224. The highest BCUT2D eigenvalue weighted by Crippen LogP contribution is 2.21. The molecule has 1 rings (SSSR count). The minimum Gasteiger partial charge on any atom is -0.344 e. The first-order valence-electron chi connectivity index (χ1n) is 3.58. The van der Waals surface area contributed by atoms with Gasteiger partial charge in [-0.2, -0.15) is 0 Å². The lowest BCUT2D eigenvalue weighted by Crippen LogP contribution is -2.46. The Morgan fingerprint density at radius 1 is 1.83 bits per heavy atom. The van der Waals surface area contributed by atoms with Crippen LogP contribution in [0.3, 0.4) is 0 Å². The fourth-order valence-electron chi connectivity index (χ4n) is 1.30. The molecule has 1 fully saturated rings. The van der Waals surface area contributed by atoms with Crippen LogP contribution in [-0.4, -0.2) is 29.9 Å². The molecule has 1 saturated heterocycles. The zero-order valence-electron chi connectivity index (χ0n) is 7.04. The van der Waals surface area contributed by atoms with Crippen LogP contribution in [0.1, 0.15) is 12.8 Å². The smallest absolute Gasteiger partial charge is 0.243 e. The fourth-order valence-corrected chi connectivity index (χ4v) is 1.30. The van der Waals surface area contributed by atoms with E-state index in [0.29, 0.717) is 12.8 Å². The van der Waals surface area contributed by atoms with Crippen molar-refractivity contribution in [2.24, 2.45) is 5.73 Å². The number of carbonyl (C=O) groups excluding carboxylic acids is 1. The predicted octanol–water partition coefficient (Wildman–Crippen LogP) is -0.00890. The summed E-state index contributed by atoms with van der Waals surface area (Å²) in [4.78, 5) is 12.9. The van der Waals surface area contributed by atoms with Gasteiger partial charge in [0.05, 0.1) is 0 Å². The molecule has 0 aromatic carbocycles. The average Bonchev–Trinajstić information content (AvgIpc) is 2.19. The Balaban J connectivity index is 0.00000121. The summed E-state index contributed by atoms with van der Waals surface area (Å²) in [5.74, 6) is 2.40. The molecule has 4 heteroatoms. The van der Waals surface area contributed by atoms with Gasteiger partial charge in [0.1, 0.15) is 5.54 Å². The normalized spacial score (nSPS) is 28.1. The van der Waals surface area contributed by atoms with Crippen molar-refractivity contribution in [1.82, 2.24) is 4.90 Å². The van der Waals surface area contributed by atoms with E-state index in [1.54, 1.807) is 11.9 Å². The second kappa shape index (κ2) is 3.79. The topological polar surface area (TPSA) is 46.3 Å². The van der Waals surface area contributed by atoms with Gasteiger partial charge in [0.2, 0.25) is 5.91 Å². The lowest BCUT2D eigenvalue weighted by Gasteiger charge is -2.18. The molecule has 1 unspecified atom stereocenters. The lowest BCUT2D eigenvalue weighted by molar-refractivity contribution is -0.130. The summed E-state index contributed by atoms with van der Waals surface area (Å²) in [6.07, 6.45) is 6.12. The summed E-state index contributed by atoms with van der Waals surface area (Å²) >= 11 is 0. The predicted molar refractivity (Wildman–Crippen MR) is 49.9 cm³/mol. The van der Waals surface area contributed by atoms with Crippen molar-refractivity contribution in [3.05, 3.63) is 0 Å². The van der Waals surface area contributed by atoms with Gasteiger partial charge in [-0.15, -0.1) is 24.8 Å². The quantitative estimate of drug-likeness (QED) is 0.589. The number of hydrogen-bond donors (Lipinski definition) is 1. The van der Waals surface area contributed by atoms with Crippen molar-refractivity contribution in [2.75, 3.05) is 13.6 Å². The molecule has 0 radical (unpaired) electrons. The fraction of sp³-hybridized carbons (Fsp3) is 0.625. The minimum atomic E-state index is -0.774. The molecular formula is C8H13ClN2O. The number of nitrogens with zero attached hydrogens (tertiary/aromatic N) is 1. The van der Waals surface area contributed by atoms with Gasteiger partial charge in [0.25, 0.3) is 0 Å². The highest BCUT2D eigenvalue weighted by Gasteiger charge is 2.40. The number of likely N-dealkylation sites (N-methyl/N-ethyl adjacent to an activating group) is 1. The second-order valence-electron chi connectivity index (χ2n) is 3.01. The van der Waals surface area contributed by atoms with Crippen LogP contribution in [0.25, 0.3) is 0 Å². The maximum absolute atomic E-state index is 11.3. The van der Waals surface area contributed by atoms with Crippen LogP contribution in [0.2, 0.25) is 0 Å². The molecule has 0 aromatic rings. The maximum atomic E-state index is 11.3. The van der Waals surface area contributed by atoms with Gasteiger partial charge in [0, 0.05) is 20.0 Å². The molecule has 1 heterocycles. The highest BCUT2D eigenvalue weighted by atomic mass is 35.5. The largest absolute Gasteiger partial charge is 0.344 e. The molecule has 12 heavy (non-hydrogen) atoms. The van der Waals surface area contributed by atoms with Gasteiger partial charge in [-0.05, 0) is 6.42 Å². The van der Waals surface area contributed by atoms with Crippen LogP contribution < -0.4 is 5.73 Å². The summed E-state index contributed by atoms with van der Waals surface area (Å²) in [6.45, 7) is 0.719. The molecule has 0 aromatic heterocycles. The van der Waals surface area contributed by atoms with E-state index in [1.165, 1.54) is 0 Å². The molecule has 1 aliphatic heterocycles. The zero-order chi connectivity index (χ0) is 8.48. The molecule has 1 atom stereocenters. The summed E-state index contributed by atoms with van der Waals surface area (Å²) in [6, 6.07) is 0. The SMILES string of the molecule is C#CCC1(N)CCN(C)C1=O.Cl. The molecule has 1 amide bonds. The third-order valence-electron chi connectivity index (χ3n) is 2.08. The monoisotopic (exact) mass is 188 g/mol. The van der Waals surface area contributed by atoms with Crippen LogP contribution >= 0.6 is 12.4 Å². The van der Waals surface area contributed by atoms with Crippen molar-refractivity contribution >= 4 is 18.3 Å². The van der Waals surface area contributed by atoms with Crippen LogP contribution in [-0.2, 0) is 4.79 Å². The van der Waals surface area contributed by atoms with E-state index in [-0.39, 0.29) is 18.3 Å². The second-order valence-corrected chi connectivity index (χ2v) is 3.01. The summed E-state index contributed by atoms with van der Waals surface area (Å²) in [5.41, 5.74) is 5.00. The Morgan fingerprint density at radius 3 is 2.75 bits per heavy atom. The molecule has 0 saturated carbocycles. The van der Waals surface area contributed by atoms with Gasteiger partial charge >= 0.3 is 0 Å². The number of terminal acetylenes is 1. The molecule has 1 aliphatic rings. The number of halogens is 1. The number of rotatable bonds is 1. The summed E-state index contributed by atoms with van der Waals surface area (Å²) < 4.78 is 0. The lowest BCUT2D eigenvalue weighted by atomic mass is 9.95. The van der Waals surface area contributed by atoms with E-state index >= 15 is 0 Å². The third-order valence-corrected chi connectivity index (χ3v) is 2.08. The van der Waals surface area contributed by atoms with Gasteiger partial charge < -0.3 is 10.6 Å². The van der Waals surface area contributed by atoms with Crippen molar-refractivity contribution in [3.8, 4) is 12.3 Å². The third kappa shape index (κ3) is 1.71. The Hall–Kier alpha value is -0.720. The van der Waals surface area contributed by atoms with Crippen LogP contribution in [0.5, 0.6) is 0 Å². The van der Waals surface area contributed by atoms with E-state index in [4.69, 9.17) is 12.2 Å². The highest BCUT2D eigenvalue weighted by molar-refractivity contribution is 5.88. The number of carbonyl (C=O) groups is 1. The van der Waals surface area contributed by atoms with Gasteiger partial charge in [-0.1, -0.05) is 0 Å². The summed E-state index contributed by atoms with van der Waals surface area (Å²) in [7, 11) is 1.74. The van der Waals surface area contributed by atoms with E-state index in [0.717, 1.165) is 6.54 Å². The number of nitrogens with two attached hydrogens (primary N) is 1. The van der Waals surface area contributed by atoms with E-state index in [2.05, 4.69) is 5.92 Å². The zero-order valence-corrected chi connectivity index (χ0v) is 7.86. The minimum absolute atomic E-state index is 0. The Morgan fingerprint density at radius 2 is 2.42 bits per heavy atom. The molecular weight excluding hydrogens is 176 g/mol. The van der Waals surface area contributed by atoms with E-state index in [9.17, 15) is 4.79 Å². The molecule has 0 spiro atoms. The summed E-state index contributed by atoms with van der Waals surface area (Å²) in [5, 5.41) is 0. The maximum Gasteiger partial charge on any atom is 0.243 e. The van der Waals surface area contributed by atoms with Crippen molar-refractivity contribution in [2.45, 2.75) is 18.4 Å². The van der Waals surface area contributed by atoms with Crippen LogP contribution in [0, 0.1) is 12.3 Å². The number of hydrogen-bond acceptors (Lipinski definition) is 2. The molecule has 0 bridgehead atoms. The van der Waals surface area contributed by atoms with Crippen molar-refractivity contribution < 1.29 is 4.79 Å². The Kier molecular flexibility index (Phi) is 3.56. The first-order valence-corrected chi connectivity index (χ1v) is 3.58. The molecule has 0 aliphatic carbocycles. The number of likely N-dealkylation sites (tertiary alicyclic amines) is 1. The van der Waals surface area contributed by atoms with E-state index < -0.39 is 5.54 Å². The Labute approximate surface area is 78.7 Å². The van der Waals surface area contributed by atoms with Crippen LogP contribution in [0.4, 0.5) is 0 Å². The van der Waals surface area contributed by atoms with Crippen molar-refractivity contribution in [1.29, 1.82) is 0 Å². The molecule has 2 N–H and O–H groups in total. The van der Waals surface area contributed by atoms with E-state index in [1.807, 2.05) is 0 Å². The van der Waals surface area contributed by atoms with Gasteiger partial charge in [-0.3, -0.25) is 4.79 Å². The van der Waals surface area contributed by atoms with Crippen molar-refractivity contribution in [3.63, 3.8) is 0 Å². The van der Waals surface area contributed by atoms with Gasteiger partial charge in [0.15, 0.2) is 0 Å². The van der Waals surface area contributed by atoms with Gasteiger partial charge in [-0.25, -0.2) is 0 Å².